The van der Waals surface area contributed by atoms with Crippen molar-refractivity contribution in [2.24, 2.45) is 5.92 Å². The Morgan fingerprint density at radius 2 is 2.15 bits per heavy atom. The number of likely N-dealkylation sites (tertiary alicyclic amines) is 1. The molecule has 1 N–H and O–H groups in total. The zero-order chi connectivity index (χ0) is 13.9. The molecule has 1 aromatic carbocycles. The molecule has 1 fully saturated rings. The predicted octanol–water partition coefficient (Wildman–Crippen LogP) is 2.43. The van der Waals surface area contributed by atoms with Gasteiger partial charge in [-0.25, -0.2) is 4.98 Å². The molecule has 3 rings (SSSR count). The van der Waals surface area contributed by atoms with Gasteiger partial charge in [0.15, 0.2) is 5.13 Å². The summed E-state index contributed by atoms with van der Waals surface area (Å²) >= 11 is 1.45. The van der Waals surface area contributed by atoms with Gasteiger partial charge in [-0.15, -0.1) is 11.3 Å². The summed E-state index contributed by atoms with van der Waals surface area (Å²) in [4.78, 5) is 18.8. The van der Waals surface area contributed by atoms with Crippen LogP contribution < -0.4 is 5.32 Å². The molecule has 2 heterocycles. The van der Waals surface area contributed by atoms with Gasteiger partial charge in [0.1, 0.15) is 0 Å². The van der Waals surface area contributed by atoms with Crippen molar-refractivity contribution in [1.29, 1.82) is 0 Å². The molecule has 5 heteroatoms. The van der Waals surface area contributed by atoms with Crippen LogP contribution in [-0.2, 0) is 4.79 Å². The van der Waals surface area contributed by atoms with Crippen molar-refractivity contribution in [3.8, 4) is 0 Å². The van der Waals surface area contributed by atoms with Crippen LogP contribution in [0.2, 0.25) is 0 Å². The number of nitrogens with one attached hydrogen (secondary N) is 1. The molecule has 0 unspecified atom stereocenters. The number of benzene rings is 1. The second-order valence-corrected chi connectivity index (χ2v) is 6.07. The van der Waals surface area contributed by atoms with Crippen molar-refractivity contribution in [3.05, 3.63) is 47.5 Å². The summed E-state index contributed by atoms with van der Waals surface area (Å²) in [6, 6.07) is 10.3. The van der Waals surface area contributed by atoms with Crippen LogP contribution in [0.15, 0.2) is 41.9 Å². The van der Waals surface area contributed by atoms with Crippen LogP contribution in [-0.4, -0.2) is 35.9 Å². The van der Waals surface area contributed by atoms with Gasteiger partial charge in [-0.3, -0.25) is 4.79 Å². The van der Waals surface area contributed by atoms with Gasteiger partial charge in [0.25, 0.3) is 0 Å². The molecule has 2 aromatic rings. The number of amides is 1. The molecule has 2 atom stereocenters. The number of carbonyl (C=O) groups is 1. The molecule has 0 radical (unpaired) electrons. The van der Waals surface area contributed by atoms with Crippen molar-refractivity contribution >= 4 is 22.4 Å². The second-order valence-electron chi connectivity index (χ2n) is 5.17. The Labute approximate surface area is 122 Å². The van der Waals surface area contributed by atoms with E-state index in [1.807, 2.05) is 23.6 Å². The number of thiazole rings is 1. The Balaban J connectivity index is 1.78. The highest BCUT2D eigenvalue weighted by molar-refractivity contribution is 7.13. The van der Waals surface area contributed by atoms with Crippen LogP contribution in [0.25, 0.3) is 0 Å². The van der Waals surface area contributed by atoms with Crippen LogP contribution in [0.1, 0.15) is 11.5 Å². The van der Waals surface area contributed by atoms with Crippen LogP contribution in [0.4, 0.5) is 5.13 Å². The normalized spacial score (nSPS) is 22.9. The summed E-state index contributed by atoms with van der Waals surface area (Å²) in [5.74, 6) is 0.297. The lowest BCUT2D eigenvalue weighted by Gasteiger charge is -2.17. The van der Waals surface area contributed by atoms with Crippen LogP contribution in [0, 0.1) is 5.92 Å². The maximum atomic E-state index is 12.5. The quantitative estimate of drug-likeness (QED) is 0.943. The predicted molar refractivity (Wildman–Crippen MR) is 80.9 cm³/mol. The standard InChI is InChI=1S/C15H17N3OS/c1-18-9-12(11-5-3-2-4-6-11)13(10-18)14(19)17-15-16-7-8-20-15/h2-8,12-13H,9-10H2,1H3,(H,16,17,19)/t12-,13-/m0/s1. The molecule has 0 bridgehead atoms. The molecule has 20 heavy (non-hydrogen) atoms. The highest BCUT2D eigenvalue weighted by Gasteiger charge is 2.37. The second kappa shape index (κ2) is 5.73. The Hall–Kier alpha value is -1.72. The number of likely N-dealkylation sites (N-methyl/N-ethyl adjacent to an activating group) is 1. The molecule has 0 aliphatic carbocycles. The van der Waals surface area contributed by atoms with E-state index in [0.717, 1.165) is 13.1 Å². The molecule has 0 saturated carbocycles. The fourth-order valence-electron chi connectivity index (χ4n) is 2.79. The van der Waals surface area contributed by atoms with Gasteiger partial charge in [0.2, 0.25) is 5.91 Å². The molecule has 1 aromatic heterocycles. The number of hydrogen-bond acceptors (Lipinski definition) is 4. The maximum absolute atomic E-state index is 12.5. The van der Waals surface area contributed by atoms with E-state index >= 15 is 0 Å². The van der Waals surface area contributed by atoms with Crippen molar-refractivity contribution in [1.82, 2.24) is 9.88 Å². The number of rotatable bonds is 3. The van der Waals surface area contributed by atoms with Gasteiger partial charge in [-0.05, 0) is 12.6 Å². The fraction of sp³-hybridized carbons (Fsp3) is 0.333. The van der Waals surface area contributed by atoms with Gasteiger partial charge < -0.3 is 10.2 Å². The molecule has 1 saturated heterocycles. The zero-order valence-electron chi connectivity index (χ0n) is 11.3. The highest BCUT2D eigenvalue weighted by atomic mass is 32.1. The van der Waals surface area contributed by atoms with E-state index in [9.17, 15) is 4.79 Å². The molecule has 104 valence electrons. The molecular weight excluding hydrogens is 270 g/mol. The minimum absolute atomic E-state index is 0.0219. The zero-order valence-corrected chi connectivity index (χ0v) is 12.1. The van der Waals surface area contributed by atoms with Crippen LogP contribution in [0.5, 0.6) is 0 Å². The minimum atomic E-state index is -0.0219. The smallest absolute Gasteiger partial charge is 0.231 e. The summed E-state index contributed by atoms with van der Waals surface area (Å²) in [5, 5.41) is 5.47. The van der Waals surface area contributed by atoms with Crippen molar-refractivity contribution in [2.45, 2.75) is 5.92 Å². The van der Waals surface area contributed by atoms with Crippen LogP contribution >= 0.6 is 11.3 Å². The SMILES string of the molecule is CN1C[C@H](C(=O)Nc2nccs2)[C@H](c2ccccc2)C1. The lowest BCUT2D eigenvalue weighted by atomic mass is 9.88. The van der Waals surface area contributed by atoms with Gasteiger partial charge in [-0.2, -0.15) is 0 Å². The molecule has 1 aliphatic heterocycles. The number of anilines is 1. The van der Waals surface area contributed by atoms with E-state index in [-0.39, 0.29) is 17.7 Å². The number of aromatic nitrogens is 1. The third-order valence-electron chi connectivity index (χ3n) is 3.73. The van der Waals surface area contributed by atoms with Crippen molar-refractivity contribution in [2.75, 3.05) is 25.5 Å². The first-order valence-electron chi connectivity index (χ1n) is 6.68. The van der Waals surface area contributed by atoms with E-state index in [1.54, 1.807) is 6.20 Å². The molecule has 4 nitrogen and oxygen atoms in total. The fourth-order valence-corrected chi connectivity index (χ4v) is 3.32. The van der Waals surface area contributed by atoms with E-state index in [4.69, 9.17) is 0 Å². The average Bonchev–Trinajstić information content (AvgIpc) is 3.09. The summed E-state index contributed by atoms with van der Waals surface area (Å²) in [6.45, 7) is 1.71. The van der Waals surface area contributed by atoms with Gasteiger partial charge >= 0.3 is 0 Å². The lowest BCUT2D eigenvalue weighted by molar-refractivity contribution is -0.119. The van der Waals surface area contributed by atoms with E-state index in [2.05, 4.69) is 34.4 Å². The summed E-state index contributed by atoms with van der Waals surface area (Å²) in [7, 11) is 2.06. The van der Waals surface area contributed by atoms with E-state index in [0.29, 0.717) is 5.13 Å². The Kier molecular flexibility index (Phi) is 3.80. The Bertz CT molecular complexity index is 570. The third-order valence-corrected chi connectivity index (χ3v) is 4.42. The third kappa shape index (κ3) is 2.73. The first kappa shape index (κ1) is 13.3. The Morgan fingerprint density at radius 1 is 1.35 bits per heavy atom. The maximum Gasteiger partial charge on any atom is 0.231 e. The van der Waals surface area contributed by atoms with E-state index in [1.165, 1.54) is 16.9 Å². The number of nitrogens with zero attached hydrogens (tertiary/aromatic N) is 2. The summed E-state index contributed by atoms with van der Waals surface area (Å²) in [5.41, 5.74) is 1.23. The van der Waals surface area contributed by atoms with Crippen molar-refractivity contribution < 1.29 is 4.79 Å². The first-order chi connectivity index (χ1) is 9.74. The number of hydrogen-bond donors (Lipinski definition) is 1. The average molecular weight is 287 g/mol. The minimum Gasteiger partial charge on any atom is -0.305 e. The van der Waals surface area contributed by atoms with Crippen molar-refractivity contribution in [3.63, 3.8) is 0 Å². The topological polar surface area (TPSA) is 45.2 Å². The number of carbonyl (C=O) groups excluding carboxylic acids is 1. The summed E-state index contributed by atoms with van der Waals surface area (Å²) < 4.78 is 0. The van der Waals surface area contributed by atoms with Gasteiger partial charge in [-0.1, -0.05) is 30.3 Å². The molecule has 1 aliphatic rings. The Morgan fingerprint density at radius 3 is 2.85 bits per heavy atom. The van der Waals surface area contributed by atoms with Gasteiger partial charge in [0.05, 0.1) is 5.92 Å². The first-order valence-corrected chi connectivity index (χ1v) is 7.56. The highest BCUT2D eigenvalue weighted by Crippen LogP contribution is 2.32. The van der Waals surface area contributed by atoms with Crippen LogP contribution in [0.3, 0.4) is 0 Å². The van der Waals surface area contributed by atoms with Gasteiger partial charge in [0, 0.05) is 30.6 Å². The largest absolute Gasteiger partial charge is 0.305 e. The lowest BCUT2D eigenvalue weighted by Crippen LogP contribution is -2.28. The molecular formula is C15H17N3OS. The monoisotopic (exact) mass is 287 g/mol. The molecule has 1 amide bonds. The molecule has 0 spiro atoms. The van der Waals surface area contributed by atoms with E-state index < -0.39 is 0 Å². The summed E-state index contributed by atoms with van der Waals surface area (Å²) in [6.07, 6.45) is 1.70.